The number of anilines is 2. The van der Waals surface area contributed by atoms with Crippen LogP contribution in [0.25, 0.3) is 10.8 Å². The normalized spacial score (nSPS) is 16.5. The number of hydrogen-bond donors (Lipinski definition) is 1. The standard InChI is InChI=1S/C20H22N4O2S/c1-23-11-13-24(14-12-23)27(25,26)17-9-10-20(21-15-17)22-19-8-4-6-16-5-2-3-7-18(16)19/h2-10,15H,11-14H2,1H3,(H,21,22). The highest BCUT2D eigenvalue weighted by atomic mass is 32.2. The van der Waals surface area contributed by atoms with E-state index in [-0.39, 0.29) is 4.90 Å². The van der Waals surface area contributed by atoms with E-state index in [0.29, 0.717) is 18.9 Å². The average molecular weight is 382 g/mol. The van der Waals surface area contributed by atoms with Crippen molar-refractivity contribution in [2.24, 2.45) is 0 Å². The molecule has 27 heavy (non-hydrogen) atoms. The van der Waals surface area contributed by atoms with Crippen molar-refractivity contribution >= 4 is 32.3 Å². The van der Waals surface area contributed by atoms with Crippen molar-refractivity contribution in [1.82, 2.24) is 14.2 Å². The van der Waals surface area contributed by atoms with Crippen LogP contribution in [0.2, 0.25) is 0 Å². The van der Waals surface area contributed by atoms with Gasteiger partial charge >= 0.3 is 0 Å². The van der Waals surface area contributed by atoms with Gasteiger partial charge in [0, 0.05) is 43.4 Å². The van der Waals surface area contributed by atoms with E-state index in [0.717, 1.165) is 29.5 Å². The maximum absolute atomic E-state index is 12.8. The Labute approximate surface area is 159 Å². The largest absolute Gasteiger partial charge is 0.340 e. The summed E-state index contributed by atoms with van der Waals surface area (Å²) in [6.07, 6.45) is 1.43. The lowest BCUT2D eigenvalue weighted by Crippen LogP contribution is -2.47. The highest BCUT2D eigenvalue weighted by Crippen LogP contribution is 2.26. The zero-order valence-corrected chi connectivity index (χ0v) is 16.0. The van der Waals surface area contributed by atoms with Crippen molar-refractivity contribution in [3.63, 3.8) is 0 Å². The van der Waals surface area contributed by atoms with Gasteiger partial charge in [0.2, 0.25) is 10.0 Å². The molecular formula is C20H22N4O2S. The SMILES string of the molecule is CN1CCN(S(=O)(=O)c2ccc(Nc3cccc4ccccc34)nc2)CC1. The zero-order chi connectivity index (χ0) is 18.9. The van der Waals surface area contributed by atoms with Gasteiger partial charge in [-0.05, 0) is 30.6 Å². The fourth-order valence-electron chi connectivity index (χ4n) is 3.26. The van der Waals surface area contributed by atoms with Crippen LogP contribution in [-0.2, 0) is 10.0 Å². The number of benzene rings is 2. The number of fused-ring (bicyclic) bond motifs is 1. The van der Waals surface area contributed by atoms with Gasteiger partial charge in [-0.2, -0.15) is 4.31 Å². The molecule has 0 radical (unpaired) electrons. The minimum atomic E-state index is -3.49. The van der Waals surface area contributed by atoms with Crippen LogP contribution >= 0.6 is 0 Å². The van der Waals surface area contributed by atoms with E-state index in [4.69, 9.17) is 0 Å². The molecule has 0 spiro atoms. The first-order valence-corrected chi connectivity index (χ1v) is 10.4. The molecule has 0 unspecified atom stereocenters. The highest BCUT2D eigenvalue weighted by molar-refractivity contribution is 7.89. The molecule has 0 aliphatic carbocycles. The smallest absolute Gasteiger partial charge is 0.244 e. The minimum Gasteiger partial charge on any atom is -0.340 e. The maximum Gasteiger partial charge on any atom is 0.244 e. The summed E-state index contributed by atoms with van der Waals surface area (Å²) in [7, 11) is -1.49. The second-order valence-electron chi connectivity index (χ2n) is 6.74. The number of piperazine rings is 1. The minimum absolute atomic E-state index is 0.232. The number of nitrogens with one attached hydrogen (secondary N) is 1. The van der Waals surface area contributed by atoms with Gasteiger partial charge in [-0.3, -0.25) is 0 Å². The van der Waals surface area contributed by atoms with E-state index in [1.165, 1.54) is 10.5 Å². The number of rotatable bonds is 4. The van der Waals surface area contributed by atoms with Gasteiger partial charge in [0.25, 0.3) is 0 Å². The van der Waals surface area contributed by atoms with Crippen molar-refractivity contribution in [2.45, 2.75) is 4.90 Å². The molecule has 140 valence electrons. The van der Waals surface area contributed by atoms with Crippen LogP contribution in [0.5, 0.6) is 0 Å². The van der Waals surface area contributed by atoms with Crippen molar-refractivity contribution in [2.75, 3.05) is 38.5 Å². The van der Waals surface area contributed by atoms with Crippen LogP contribution in [0.1, 0.15) is 0 Å². The molecule has 4 rings (SSSR count). The Morgan fingerprint density at radius 1 is 0.926 bits per heavy atom. The van der Waals surface area contributed by atoms with E-state index in [9.17, 15) is 8.42 Å². The van der Waals surface area contributed by atoms with E-state index in [1.807, 2.05) is 37.4 Å². The summed E-state index contributed by atoms with van der Waals surface area (Å²) in [5.74, 6) is 0.615. The van der Waals surface area contributed by atoms with Gasteiger partial charge < -0.3 is 10.2 Å². The van der Waals surface area contributed by atoms with Gasteiger partial charge in [0.05, 0.1) is 0 Å². The Kier molecular flexibility index (Phi) is 4.82. The lowest BCUT2D eigenvalue weighted by molar-refractivity contribution is 0.222. The third kappa shape index (κ3) is 3.66. The number of hydrogen-bond acceptors (Lipinski definition) is 5. The maximum atomic E-state index is 12.8. The zero-order valence-electron chi connectivity index (χ0n) is 15.2. The molecule has 0 atom stereocenters. The summed E-state index contributed by atoms with van der Waals surface area (Å²) in [6, 6.07) is 17.5. The Balaban J connectivity index is 1.55. The lowest BCUT2D eigenvalue weighted by atomic mass is 10.1. The van der Waals surface area contributed by atoms with E-state index >= 15 is 0 Å². The van der Waals surface area contributed by atoms with Gasteiger partial charge in [-0.15, -0.1) is 0 Å². The van der Waals surface area contributed by atoms with Crippen molar-refractivity contribution in [3.8, 4) is 0 Å². The number of sulfonamides is 1. The monoisotopic (exact) mass is 382 g/mol. The summed E-state index contributed by atoms with van der Waals surface area (Å²) in [5, 5.41) is 5.51. The van der Waals surface area contributed by atoms with Crippen LogP contribution in [0.4, 0.5) is 11.5 Å². The molecule has 2 aromatic carbocycles. The molecule has 0 saturated carbocycles. The van der Waals surface area contributed by atoms with Crippen LogP contribution in [-0.4, -0.2) is 55.8 Å². The lowest BCUT2D eigenvalue weighted by Gasteiger charge is -2.31. The van der Waals surface area contributed by atoms with Crippen LogP contribution in [0.15, 0.2) is 65.7 Å². The van der Waals surface area contributed by atoms with Gasteiger partial charge in [0.15, 0.2) is 0 Å². The molecule has 3 aromatic rings. The molecule has 0 bridgehead atoms. The van der Waals surface area contributed by atoms with Crippen LogP contribution in [0.3, 0.4) is 0 Å². The Morgan fingerprint density at radius 2 is 1.67 bits per heavy atom. The fraction of sp³-hybridized carbons (Fsp3) is 0.250. The molecule has 1 N–H and O–H groups in total. The van der Waals surface area contributed by atoms with Crippen LogP contribution < -0.4 is 5.32 Å². The van der Waals surface area contributed by atoms with Crippen molar-refractivity contribution < 1.29 is 8.42 Å². The quantitative estimate of drug-likeness (QED) is 0.752. The molecule has 1 aliphatic rings. The average Bonchev–Trinajstić information content (AvgIpc) is 2.69. The Morgan fingerprint density at radius 3 is 2.41 bits per heavy atom. The van der Waals surface area contributed by atoms with Gasteiger partial charge in [0.1, 0.15) is 10.7 Å². The molecule has 6 nitrogen and oxygen atoms in total. The molecule has 7 heteroatoms. The van der Waals surface area contributed by atoms with Gasteiger partial charge in [-0.25, -0.2) is 13.4 Å². The summed E-state index contributed by atoms with van der Waals surface area (Å²) in [4.78, 5) is 6.69. The van der Waals surface area contributed by atoms with E-state index < -0.39 is 10.0 Å². The first-order valence-electron chi connectivity index (χ1n) is 8.93. The predicted molar refractivity (Wildman–Crippen MR) is 108 cm³/mol. The molecule has 0 amide bonds. The summed E-state index contributed by atoms with van der Waals surface area (Å²) in [6.45, 7) is 2.50. The third-order valence-electron chi connectivity index (χ3n) is 4.89. The molecule has 1 saturated heterocycles. The number of nitrogens with zero attached hydrogens (tertiary/aromatic N) is 3. The topological polar surface area (TPSA) is 65.5 Å². The number of likely N-dealkylation sites (N-methyl/N-ethyl adjacent to an activating group) is 1. The predicted octanol–water partition coefficient (Wildman–Crippen LogP) is 2.91. The second-order valence-corrected chi connectivity index (χ2v) is 8.68. The third-order valence-corrected chi connectivity index (χ3v) is 6.77. The highest BCUT2D eigenvalue weighted by Gasteiger charge is 2.27. The molecule has 1 fully saturated rings. The molecule has 1 aliphatic heterocycles. The van der Waals surface area contributed by atoms with Crippen LogP contribution in [0, 0.1) is 0 Å². The van der Waals surface area contributed by atoms with Crippen molar-refractivity contribution in [1.29, 1.82) is 0 Å². The first kappa shape index (κ1) is 17.9. The number of aromatic nitrogens is 1. The number of pyridine rings is 1. The Bertz CT molecular complexity index is 1040. The first-order chi connectivity index (χ1) is 13.0. The Hall–Kier alpha value is -2.48. The molecular weight excluding hydrogens is 360 g/mol. The molecule has 2 heterocycles. The summed E-state index contributed by atoms with van der Waals surface area (Å²) < 4.78 is 27.1. The fourth-order valence-corrected chi connectivity index (χ4v) is 4.62. The van der Waals surface area contributed by atoms with Crippen molar-refractivity contribution in [3.05, 3.63) is 60.8 Å². The summed E-state index contributed by atoms with van der Waals surface area (Å²) >= 11 is 0. The van der Waals surface area contributed by atoms with E-state index in [2.05, 4.69) is 27.3 Å². The van der Waals surface area contributed by atoms with E-state index in [1.54, 1.807) is 12.1 Å². The molecule has 1 aromatic heterocycles. The van der Waals surface area contributed by atoms with Gasteiger partial charge in [-0.1, -0.05) is 36.4 Å². The second kappa shape index (κ2) is 7.26. The summed E-state index contributed by atoms with van der Waals surface area (Å²) in [5.41, 5.74) is 0.940.